The lowest BCUT2D eigenvalue weighted by Crippen LogP contribution is -2.53. The van der Waals surface area contributed by atoms with E-state index in [1.807, 2.05) is 16.4 Å². The molecule has 2 saturated heterocycles. The van der Waals surface area contributed by atoms with E-state index in [1.165, 1.54) is 6.42 Å². The highest BCUT2D eigenvalue weighted by Gasteiger charge is 2.31. The Bertz CT molecular complexity index is 1360. The predicted molar refractivity (Wildman–Crippen MR) is 149 cm³/mol. The maximum Gasteiger partial charge on any atom is 0.151 e. The summed E-state index contributed by atoms with van der Waals surface area (Å²) in [5.74, 6) is 0.948. The maximum absolute atomic E-state index is 5.91. The zero-order valence-electron chi connectivity index (χ0n) is 21.9. The van der Waals surface area contributed by atoms with Gasteiger partial charge in [-0.1, -0.05) is 12.1 Å². The highest BCUT2D eigenvalue weighted by Crippen LogP contribution is 2.37. The van der Waals surface area contributed by atoms with Crippen molar-refractivity contribution in [3.8, 4) is 22.4 Å². The molecule has 6 rings (SSSR count). The molecule has 8 nitrogen and oxygen atoms in total. The molecule has 2 fully saturated rings. The number of nitrogens with zero attached hydrogens (tertiary/aromatic N) is 6. The second-order valence-electron chi connectivity index (χ2n) is 10.7. The molecular formula is C28H35N7OS. The smallest absolute Gasteiger partial charge is 0.151 e. The molecule has 1 N–H and O–H groups in total. The van der Waals surface area contributed by atoms with Gasteiger partial charge in [0.2, 0.25) is 0 Å². The van der Waals surface area contributed by atoms with Gasteiger partial charge in [-0.3, -0.25) is 0 Å². The number of aromatic nitrogens is 5. The van der Waals surface area contributed by atoms with Crippen molar-refractivity contribution < 1.29 is 4.74 Å². The largest absolute Gasteiger partial charge is 0.357 e. The molecule has 4 aromatic rings. The van der Waals surface area contributed by atoms with Crippen molar-refractivity contribution in [2.45, 2.75) is 70.7 Å². The topological polar surface area (TPSA) is 81.0 Å². The highest BCUT2D eigenvalue weighted by atomic mass is 32.1. The molecule has 0 amide bonds. The second-order valence-corrected chi connectivity index (χ2v) is 11.6. The molecule has 0 bridgehead atoms. The van der Waals surface area contributed by atoms with E-state index < -0.39 is 0 Å². The lowest BCUT2D eigenvalue weighted by Gasteiger charge is -2.42. The van der Waals surface area contributed by atoms with Crippen molar-refractivity contribution in [2.24, 2.45) is 0 Å². The molecule has 0 saturated carbocycles. The van der Waals surface area contributed by atoms with E-state index in [1.54, 1.807) is 11.3 Å². The Morgan fingerprint density at radius 2 is 2.03 bits per heavy atom. The average Bonchev–Trinajstić information content (AvgIpc) is 3.60. The molecule has 5 heterocycles. The number of piperidine rings is 1. The SMILES string of the molecule is CCN(c1ccc(-c2ccc(-c3cnn(C4CCCCO4)c3)c3ncsc23)nn1)C1CCNC(C)(C)C1. The first-order chi connectivity index (χ1) is 18.0. The Morgan fingerprint density at radius 3 is 2.78 bits per heavy atom. The van der Waals surface area contributed by atoms with E-state index in [9.17, 15) is 0 Å². The van der Waals surface area contributed by atoms with Crippen molar-refractivity contribution in [3.05, 3.63) is 42.2 Å². The molecule has 0 spiro atoms. The van der Waals surface area contributed by atoms with Crippen LogP contribution in [0, 0.1) is 0 Å². The van der Waals surface area contributed by atoms with E-state index in [0.29, 0.717) is 6.04 Å². The first-order valence-electron chi connectivity index (χ1n) is 13.4. The van der Waals surface area contributed by atoms with Gasteiger partial charge >= 0.3 is 0 Å². The number of anilines is 1. The number of fused-ring (bicyclic) bond motifs is 1. The summed E-state index contributed by atoms with van der Waals surface area (Å²) in [7, 11) is 0. The Balaban J connectivity index is 1.27. The Labute approximate surface area is 222 Å². The van der Waals surface area contributed by atoms with Gasteiger partial charge in [0.1, 0.15) is 6.23 Å². The van der Waals surface area contributed by atoms with Gasteiger partial charge in [0.05, 0.1) is 27.6 Å². The van der Waals surface area contributed by atoms with E-state index in [-0.39, 0.29) is 11.8 Å². The molecule has 3 aromatic heterocycles. The molecule has 2 unspecified atom stereocenters. The fraction of sp³-hybridized carbons (Fsp3) is 0.500. The highest BCUT2D eigenvalue weighted by molar-refractivity contribution is 7.17. The van der Waals surface area contributed by atoms with Gasteiger partial charge in [-0.05, 0) is 71.6 Å². The van der Waals surface area contributed by atoms with Crippen LogP contribution in [-0.2, 0) is 4.74 Å². The molecule has 9 heteroatoms. The van der Waals surface area contributed by atoms with Gasteiger partial charge in [0.15, 0.2) is 5.82 Å². The molecule has 0 aliphatic carbocycles. The van der Waals surface area contributed by atoms with E-state index in [2.05, 4.69) is 76.7 Å². The summed E-state index contributed by atoms with van der Waals surface area (Å²) in [6.45, 7) is 9.51. The number of rotatable bonds is 6. The standard InChI is InChI=1S/C28H35N7OS/c1-4-34(20-12-13-30-28(2,3)15-20)24-11-10-23(32-33-24)22-9-8-21(26-27(22)37-18-29-26)19-16-31-35(17-19)25-7-5-6-14-36-25/h8-11,16-18,20,25,30H,4-7,12-15H2,1-3H3. The maximum atomic E-state index is 5.91. The van der Waals surface area contributed by atoms with Crippen LogP contribution in [0.2, 0.25) is 0 Å². The molecule has 0 radical (unpaired) electrons. The summed E-state index contributed by atoms with van der Waals surface area (Å²) in [5, 5.41) is 17.6. The molecule has 2 atom stereocenters. The Hall–Kier alpha value is -2.88. The quantitative estimate of drug-likeness (QED) is 0.353. The van der Waals surface area contributed by atoms with Crippen molar-refractivity contribution in [1.82, 2.24) is 30.3 Å². The van der Waals surface area contributed by atoms with Crippen LogP contribution >= 0.6 is 11.3 Å². The predicted octanol–water partition coefficient (Wildman–Crippen LogP) is 5.67. The third kappa shape index (κ3) is 4.87. The van der Waals surface area contributed by atoms with Gasteiger partial charge < -0.3 is 15.0 Å². The minimum Gasteiger partial charge on any atom is -0.357 e. The van der Waals surface area contributed by atoms with Crippen LogP contribution < -0.4 is 10.2 Å². The monoisotopic (exact) mass is 517 g/mol. The summed E-state index contributed by atoms with van der Waals surface area (Å²) in [6.07, 6.45) is 9.55. The number of nitrogens with one attached hydrogen (secondary N) is 1. The number of benzene rings is 1. The molecular weight excluding hydrogens is 482 g/mol. The molecule has 2 aliphatic heterocycles. The van der Waals surface area contributed by atoms with Crippen molar-refractivity contribution in [2.75, 3.05) is 24.6 Å². The van der Waals surface area contributed by atoms with E-state index in [0.717, 1.165) is 83.8 Å². The minimum absolute atomic E-state index is 0.0279. The normalized spacial score (nSPS) is 21.8. The Morgan fingerprint density at radius 1 is 1.14 bits per heavy atom. The van der Waals surface area contributed by atoms with E-state index in [4.69, 9.17) is 9.72 Å². The summed E-state index contributed by atoms with van der Waals surface area (Å²) < 4.78 is 8.98. The van der Waals surface area contributed by atoms with Crippen molar-refractivity contribution >= 4 is 27.4 Å². The van der Waals surface area contributed by atoms with Crippen LogP contribution in [0.1, 0.15) is 59.1 Å². The third-order valence-electron chi connectivity index (χ3n) is 7.68. The van der Waals surface area contributed by atoms with Gasteiger partial charge in [-0.2, -0.15) is 5.10 Å². The van der Waals surface area contributed by atoms with Crippen LogP contribution in [0.5, 0.6) is 0 Å². The van der Waals surface area contributed by atoms with Gasteiger partial charge in [-0.15, -0.1) is 21.5 Å². The Kier molecular flexibility index (Phi) is 6.69. The third-order valence-corrected chi connectivity index (χ3v) is 8.54. The van der Waals surface area contributed by atoms with Crippen molar-refractivity contribution in [3.63, 3.8) is 0 Å². The van der Waals surface area contributed by atoms with Crippen LogP contribution in [0.3, 0.4) is 0 Å². The van der Waals surface area contributed by atoms with Crippen LogP contribution in [0.25, 0.3) is 32.6 Å². The number of ether oxygens (including phenoxy) is 1. The van der Waals surface area contributed by atoms with Gasteiger partial charge in [0, 0.05) is 47.6 Å². The lowest BCUT2D eigenvalue weighted by atomic mass is 9.88. The summed E-state index contributed by atoms with van der Waals surface area (Å²) in [4.78, 5) is 7.13. The molecule has 194 valence electrons. The first kappa shape index (κ1) is 24.5. The van der Waals surface area contributed by atoms with Crippen LogP contribution in [0.4, 0.5) is 5.82 Å². The fourth-order valence-corrected chi connectivity index (χ4v) is 6.63. The summed E-state index contributed by atoms with van der Waals surface area (Å²) in [6, 6.07) is 8.96. The summed E-state index contributed by atoms with van der Waals surface area (Å²) in [5.41, 5.74) is 7.10. The molecule has 2 aliphatic rings. The molecule has 1 aromatic carbocycles. The zero-order chi connectivity index (χ0) is 25.4. The number of thiazole rings is 1. The molecule has 37 heavy (non-hydrogen) atoms. The zero-order valence-corrected chi connectivity index (χ0v) is 22.7. The minimum atomic E-state index is 0.0279. The first-order valence-corrected chi connectivity index (χ1v) is 14.3. The van der Waals surface area contributed by atoms with Crippen molar-refractivity contribution in [1.29, 1.82) is 0 Å². The van der Waals surface area contributed by atoms with Crippen LogP contribution in [-0.4, -0.2) is 56.2 Å². The number of hydrogen-bond donors (Lipinski definition) is 1. The average molecular weight is 518 g/mol. The summed E-state index contributed by atoms with van der Waals surface area (Å²) >= 11 is 1.64. The fourth-order valence-electron chi connectivity index (χ4n) is 5.79. The van der Waals surface area contributed by atoms with Gasteiger partial charge in [0.25, 0.3) is 0 Å². The lowest BCUT2D eigenvalue weighted by molar-refractivity contribution is -0.0394. The van der Waals surface area contributed by atoms with E-state index >= 15 is 0 Å². The van der Waals surface area contributed by atoms with Gasteiger partial charge in [-0.25, -0.2) is 9.67 Å². The number of hydrogen-bond acceptors (Lipinski definition) is 8. The second kappa shape index (κ2) is 10.1. The van der Waals surface area contributed by atoms with Crippen LogP contribution in [0.15, 0.2) is 42.2 Å².